The second kappa shape index (κ2) is 5.58. The number of anilines is 1. The molecule has 4 rings (SSSR count). The first-order valence-corrected chi connectivity index (χ1v) is 7.67. The Labute approximate surface area is 134 Å². The van der Waals surface area contributed by atoms with Crippen molar-refractivity contribution in [2.24, 2.45) is 0 Å². The lowest BCUT2D eigenvalue weighted by Gasteiger charge is -2.00. The fourth-order valence-electron chi connectivity index (χ4n) is 2.12. The van der Waals surface area contributed by atoms with Crippen LogP contribution in [0.2, 0.25) is 0 Å². The number of nitrogens with one attached hydrogen (secondary N) is 1. The Hall–Kier alpha value is -3.13. The SMILES string of the molecule is O=C(Nc1nc2nccc(-c3cccs3)n2n1)c1ccccn1. The number of thiophene rings is 1. The molecule has 0 aliphatic rings. The maximum atomic E-state index is 12.1. The lowest BCUT2D eigenvalue weighted by Crippen LogP contribution is -2.14. The van der Waals surface area contributed by atoms with Gasteiger partial charge < -0.3 is 0 Å². The molecule has 0 fully saturated rings. The number of carbonyl (C=O) groups excluding carboxylic acids is 1. The Morgan fingerprint density at radius 2 is 2.04 bits per heavy atom. The van der Waals surface area contributed by atoms with Gasteiger partial charge in [-0.1, -0.05) is 12.1 Å². The monoisotopic (exact) mass is 322 g/mol. The average Bonchev–Trinajstić information content (AvgIpc) is 3.24. The van der Waals surface area contributed by atoms with Crippen LogP contribution in [0.25, 0.3) is 16.3 Å². The molecular formula is C15H10N6OS. The third kappa shape index (κ3) is 2.55. The number of rotatable bonds is 3. The number of carbonyl (C=O) groups is 1. The van der Waals surface area contributed by atoms with Gasteiger partial charge in [0, 0.05) is 12.4 Å². The number of pyridine rings is 1. The van der Waals surface area contributed by atoms with Crippen LogP contribution in [0, 0.1) is 0 Å². The average molecular weight is 322 g/mol. The molecule has 0 radical (unpaired) electrons. The van der Waals surface area contributed by atoms with Crippen molar-refractivity contribution in [1.82, 2.24) is 24.6 Å². The summed E-state index contributed by atoms with van der Waals surface area (Å²) in [5, 5.41) is 8.95. The van der Waals surface area contributed by atoms with Crippen molar-refractivity contribution >= 4 is 29.0 Å². The number of aromatic nitrogens is 5. The van der Waals surface area contributed by atoms with Gasteiger partial charge in [0.05, 0.1) is 10.6 Å². The van der Waals surface area contributed by atoms with E-state index in [2.05, 4.69) is 25.4 Å². The Morgan fingerprint density at radius 3 is 2.83 bits per heavy atom. The number of hydrogen-bond acceptors (Lipinski definition) is 6. The van der Waals surface area contributed by atoms with Crippen LogP contribution in [0.3, 0.4) is 0 Å². The van der Waals surface area contributed by atoms with Crippen LogP contribution in [0.1, 0.15) is 10.5 Å². The van der Waals surface area contributed by atoms with E-state index in [1.54, 1.807) is 46.4 Å². The van der Waals surface area contributed by atoms with Gasteiger partial charge in [0.2, 0.25) is 0 Å². The van der Waals surface area contributed by atoms with Gasteiger partial charge in [0.1, 0.15) is 5.69 Å². The van der Waals surface area contributed by atoms with E-state index < -0.39 is 0 Å². The molecule has 0 bridgehead atoms. The Balaban J connectivity index is 1.70. The summed E-state index contributed by atoms with van der Waals surface area (Å²) in [5.74, 6) is 0.253. The van der Waals surface area contributed by atoms with E-state index >= 15 is 0 Å². The van der Waals surface area contributed by atoms with Crippen LogP contribution in [-0.4, -0.2) is 30.5 Å². The minimum Gasteiger partial charge on any atom is -0.288 e. The molecule has 4 aromatic rings. The van der Waals surface area contributed by atoms with E-state index in [0.29, 0.717) is 11.5 Å². The molecule has 1 amide bonds. The van der Waals surface area contributed by atoms with E-state index in [-0.39, 0.29) is 11.9 Å². The molecule has 0 saturated heterocycles. The minimum atomic E-state index is -0.362. The number of hydrogen-bond donors (Lipinski definition) is 1. The molecule has 0 aliphatic heterocycles. The summed E-state index contributed by atoms with van der Waals surface area (Å²) in [6, 6.07) is 10.9. The van der Waals surface area contributed by atoms with Gasteiger partial charge in [0.15, 0.2) is 0 Å². The maximum absolute atomic E-state index is 12.1. The summed E-state index contributed by atoms with van der Waals surface area (Å²) < 4.78 is 1.61. The minimum absolute atomic E-state index is 0.192. The van der Waals surface area contributed by atoms with Crippen LogP contribution >= 0.6 is 11.3 Å². The zero-order valence-corrected chi connectivity index (χ0v) is 12.6. The second-order valence-electron chi connectivity index (χ2n) is 4.62. The molecule has 1 N–H and O–H groups in total. The number of amides is 1. The van der Waals surface area contributed by atoms with E-state index in [0.717, 1.165) is 10.6 Å². The van der Waals surface area contributed by atoms with Gasteiger partial charge in [-0.15, -0.1) is 16.4 Å². The fraction of sp³-hybridized carbons (Fsp3) is 0. The molecule has 0 aliphatic carbocycles. The first kappa shape index (κ1) is 13.5. The standard InChI is InChI=1S/C15H10N6OS/c22-13(10-4-1-2-7-16-10)18-14-19-15-17-8-6-11(21(15)20-14)12-5-3-9-23-12/h1-9H,(H,18,20,22). The molecule has 0 aromatic carbocycles. The van der Waals surface area contributed by atoms with Crippen molar-refractivity contribution < 1.29 is 4.79 Å². The van der Waals surface area contributed by atoms with Crippen LogP contribution in [0.15, 0.2) is 54.2 Å². The lowest BCUT2D eigenvalue weighted by atomic mass is 10.3. The third-order valence-corrected chi connectivity index (χ3v) is 4.03. The van der Waals surface area contributed by atoms with Gasteiger partial charge >= 0.3 is 0 Å². The predicted molar refractivity (Wildman–Crippen MR) is 86.3 cm³/mol. The molecule has 0 atom stereocenters. The van der Waals surface area contributed by atoms with Crippen molar-refractivity contribution in [2.45, 2.75) is 0 Å². The summed E-state index contributed by atoms with van der Waals surface area (Å²) in [6.07, 6.45) is 3.23. The van der Waals surface area contributed by atoms with Crippen LogP contribution < -0.4 is 5.32 Å². The van der Waals surface area contributed by atoms with Crippen LogP contribution in [0.5, 0.6) is 0 Å². The quantitative estimate of drug-likeness (QED) is 0.626. The Bertz CT molecular complexity index is 964. The van der Waals surface area contributed by atoms with Gasteiger partial charge in [-0.2, -0.15) is 9.50 Å². The van der Waals surface area contributed by atoms with Gasteiger partial charge in [-0.25, -0.2) is 4.98 Å². The number of nitrogens with zero attached hydrogens (tertiary/aromatic N) is 5. The normalized spacial score (nSPS) is 10.8. The van der Waals surface area contributed by atoms with Gasteiger partial charge in [0.25, 0.3) is 17.6 Å². The summed E-state index contributed by atoms with van der Waals surface area (Å²) in [5.41, 5.74) is 1.17. The highest BCUT2D eigenvalue weighted by atomic mass is 32.1. The predicted octanol–water partition coefficient (Wildman–Crippen LogP) is 2.50. The van der Waals surface area contributed by atoms with Crippen molar-refractivity contribution in [1.29, 1.82) is 0 Å². The zero-order valence-electron chi connectivity index (χ0n) is 11.7. The molecule has 0 spiro atoms. The smallest absolute Gasteiger partial charge is 0.276 e. The van der Waals surface area contributed by atoms with E-state index in [4.69, 9.17) is 0 Å². The maximum Gasteiger partial charge on any atom is 0.276 e. The van der Waals surface area contributed by atoms with E-state index in [1.165, 1.54) is 0 Å². The third-order valence-electron chi connectivity index (χ3n) is 3.14. The van der Waals surface area contributed by atoms with Crippen LogP contribution in [-0.2, 0) is 0 Å². The molecule has 112 valence electrons. The summed E-state index contributed by atoms with van der Waals surface area (Å²) in [7, 11) is 0. The number of fused-ring (bicyclic) bond motifs is 1. The summed E-state index contributed by atoms with van der Waals surface area (Å²) in [4.78, 5) is 25.6. The van der Waals surface area contributed by atoms with Crippen molar-refractivity contribution in [3.8, 4) is 10.6 Å². The van der Waals surface area contributed by atoms with Crippen molar-refractivity contribution in [2.75, 3.05) is 5.32 Å². The summed E-state index contributed by atoms with van der Waals surface area (Å²) >= 11 is 1.60. The molecule has 0 saturated carbocycles. The molecule has 0 unspecified atom stereocenters. The van der Waals surface area contributed by atoms with Crippen molar-refractivity contribution in [3.63, 3.8) is 0 Å². The van der Waals surface area contributed by atoms with Gasteiger partial charge in [-0.05, 0) is 29.6 Å². The van der Waals surface area contributed by atoms with Gasteiger partial charge in [-0.3, -0.25) is 15.1 Å². The van der Waals surface area contributed by atoms with E-state index in [9.17, 15) is 4.79 Å². The lowest BCUT2D eigenvalue weighted by molar-refractivity contribution is 0.102. The Kier molecular flexibility index (Phi) is 3.28. The largest absolute Gasteiger partial charge is 0.288 e. The zero-order chi connectivity index (χ0) is 15.6. The first-order chi connectivity index (χ1) is 11.3. The van der Waals surface area contributed by atoms with E-state index in [1.807, 2.05) is 23.6 Å². The fourth-order valence-corrected chi connectivity index (χ4v) is 2.86. The molecular weight excluding hydrogens is 312 g/mol. The highest BCUT2D eigenvalue weighted by molar-refractivity contribution is 7.13. The molecule has 8 heteroatoms. The first-order valence-electron chi connectivity index (χ1n) is 6.79. The molecule has 7 nitrogen and oxygen atoms in total. The topological polar surface area (TPSA) is 85.1 Å². The molecule has 4 heterocycles. The molecule has 4 aromatic heterocycles. The second-order valence-corrected chi connectivity index (χ2v) is 5.57. The highest BCUT2D eigenvalue weighted by Crippen LogP contribution is 2.24. The molecule has 23 heavy (non-hydrogen) atoms. The van der Waals surface area contributed by atoms with Crippen LogP contribution in [0.4, 0.5) is 5.95 Å². The summed E-state index contributed by atoms with van der Waals surface area (Å²) in [6.45, 7) is 0. The van der Waals surface area contributed by atoms with Crippen molar-refractivity contribution in [3.05, 3.63) is 59.9 Å². The highest BCUT2D eigenvalue weighted by Gasteiger charge is 2.13. The Morgan fingerprint density at radius 1 is 1.09 bits per heavy atom.